The summed E-state index contributed by atoms with van der Waals surface area (Å²) in [4.78, 5) is 12.2. The Morgan fingerprint density at radius 2 is 1.86 bits per heavy atom. The standard InChI is InChI=1S/C24H33NO10/c1-10-7-12-13(9-26)15(33-3)8-16(18(12)19(29)17(10)11(2)27)34-24-22(32)20(30)21(31)23(35-24)14(28)5-4-6-25/h7-8,14,20-24,26,28-32H,4-6,9,25H2,1-3H3/t14-,20+,21+,22-,23-,24-/m1/s1. The highest BCUT2D eigenvalue weighted by Crippen LogP contribution is 2.44. The van der Waals surface area contributed by atoms with Crippen LogP contribution in [0.2, 0.25) is 0 Å². The van der Waals surface area contributed by atoms with Crippen LogP contribution in [0.5, 0.6) is 17.2 Å². The average Bonchev–Trinajstić information content (AvgIpc) is 2.81. The molecule has 0 aliphatic carbocycles. The van der Waals surface area contributed by atoms with Crippen molar-refractivity contribution >= 4 is 16.6 Å². The molecule has 1 saturated heterocycles. The van der Waals surface area contributed by atoms with Crippen molar-refractivity contribution in [2.45, 2.75) is 70.1 Å². The van der Waals surface area contributed by atoms with E-state index < -0.39 is 54.9 Å². The predicted octanol–water partition coefficient (Wildman–Crippen LogP) is -0.156. The number of aromatic hydroxyl groups is 1. The molecule has 3 rings (SSSR count). The van der Waals surface area contributed by atoms with Crippen LogP contribution in [0.4, 0.5) is 0 Å². The zero-order chi connectivity index (χ0) is 26.0. The predicted molar refractivity (Wildman–Crippen MR) is 124 cm³/mol. The second-order valence-electron chi connectivity index (χ2n) is 8.67. The second kappa shape index (κ2) is 11.0. The summed E-state index contributed by atoms with van der Waals surface area (Å²) in [7, 11) is 1.37. The molecule has 194 valence electrons. The normalized spacial score (nSPS) is 25.5. The van der Waals surface area contributed by atoms with Crippen molar-refractivity contribution < 1.29 is 49.6 Å². The fraction of sp³-hybridized carbons (Fsp3) is 0.542. The van der Waals surface area contributed by atoms with Crippen LogP contribution in [0.15, 0.2) is 12.1 Å². The summed E-state index contributed by atoms with van der Waals surface area (Å²) in [6.45, 7) is 2.78. The van der Waals surface area contributed by atoms with Crippen molar-refractivity contribution in [3.63, 3.8) is 0 Å². The highest BCUT2D eigenvalue weighted by Gasteiger charge is 2.47. The lowest BCUT2D eigenvalue weighted by Crippen LogP contribution is -2.62. The second-order valence-corrected chi connectivity index (χ2v) is 8.67. The first kappa shape index (κ1) is 27.1. The van der Waals surface area contributed by atoms with E-state index >= 15 is 0 Å². The number of aryl methyl sites for hydroxylation is 1. The molecule has 11 nitrogen and oxygen atoms in total. The van der Waals surface area contributed by atoms with Crippen LogP contribution in [-0.4, -0.2) is 86.9 Å². The van der Waals surface area contributed by atoms with Gasteiger partial charge in [0.15, 0.2) is 5.78 Å². The van der Waals surface area contributed by atoms with Crippen LogP contribution in [0, 0.1) is 6.92 Å². The fourth-order valence-corrected chi connectivity index (χ4v) is 4.49. The molecule has 0 spiro atoms. The Balaban J connectivity index is 2.13. The Bertz CT molecular complexity index is 1070. The van der Waals surface area contributed by atoms with Gasteiger partial charge in [-0.2, -0.15) is 0 Å². The Kier molecular flexibility index (Phi) is 8.54. The van der Waals surface area contributed by atoms with Crippen LogP contribution in [0.3, 0.4) is 0 Å². The molecule has 1 aliphatic heterocycles. The van der Waals surface area contributed by atoms with Gasteiger partial charge in [0.05, 0.1) is 30.8 Å². The van der Waals surface area contributed by atoms with Gasteiger partial charge in [-0.3, -0.25) is 4.79 Å². The van der Waals surface area contributed by atoms with Crippen molar-refractivity contribution in [3.8, 4) is 17.2 Å². The molecule has 0 radical (unpaired) electrons. The van der Waals surface area contributed by atoms with Gasteiger partial charge in [-0.1, -0.05) is 0 Å². The average molecular weight is 496 g/mol. The summed E-state index contributed by atoms with van der Waals surface area (Å²) in [5, 5.41) is 63.1. The molecule has 1 aliphatic rings. The van der Waals surface area contributed by atoms with Crippen molar-refractivity contribution in [3.05, 3.63) is 28.8 Å². The van der Waals surface area contributed by atoms with Crippen LogP contribution in [0.1, 0.15) is 41.3 Å². The van der Waals surface area contributed by atoms with Crippen LogP contribution >= 0.6 is 0 Å². The highest BCUT2D eigenvalue weighted by atomic mass is 16.7. The van der Waals surface area contributed by atoms with Crippen LogP contribution in [-0.2, 0) is 11.3 Å². The smallest absolute Gasteiger partial charge is 0.229 e. The minimum atomic E-state index is -1.72. The van der Waals surface area contributed by atoms with Crippen molar-refractivity contribution in [2.75, 3.05) is 13.7 Å². The SMILES string of the molecule is COc1cc(O[C@@H]2O[C@H]([C@H](O)CCCN)[C@@H](O)[C@H](O)[C@H]2O)c2c(O)c(C(C)=O)c(C)cc2c1CO. The molecule has 0 bridgehead atoms. The quantitative estimate of drug-likeness (QED) is 0.229. The molecule has 0 amide bonds. The Labute approximate surface area is 202 Å². The number of carbonyl (C=O) groups is 1. The monoisotopic (exact) mass is 495 g/mol. The molecule has 8 N–H and O–H groups in total. The molecule has 35 heavy (non-hydrogen) atoms. The zero-order valence-electron chi connectivity index (χ0n) is 19.8. The number of ketones is 1. The van der Waals surface area contributed by atoms with E-state index in [-0.39, 0.29) is 28.9 Å². The van der Waals surface area contributed by atoms with Gasteiger partial charge in [-0.15, -0.1) is 0 Å². The number of phenols is 1. The van der Waals surface area contributed by atoms with Gasteiger partial charge in [-0.05, 0) is 50.2 Å². The van der Waals surface area contributed by atoms with E-state index in [1.165, 1.54) is 20.1 Å². The molecule has 2 aromatic rings. The number of benzene rings is 2. The third-order valence-corrected chi connectivity index (χ3v) is 6.29. The van der Waals surface area contributed by atoms with E-state index in [0.717, 1.165) is 0 Å². The summed E-state index contributed by atoms with van der Waals surface area (Å²) in [5.41, 5.74) is 6.32. The van der Waals surface area contributed by atoms with Crippen LogP contribution in [0.25, 0.3) is 10.8 Å². The summed E-state index contributed by atoms with van der Waals surface area (Å²) >= 11 is 0. The maximum Gasteiger partial charge on any atom is 0.229 e. The van der Waals surface area contributed by atoms with E-state index in [9.17, 15) is 35.4 Å². The number of aliphatic hydroxyl groups excluding tert-OH is 5. The number of fused-ring (bicyclic) bond motifs is 1. The highest BCUT2D eigenvalue weighted by molar-refractivity contribution is 6.08. The van der Waals surface area contributed by atoms with Gasteiger partial charge in [0.25, 0.3) is 0 Å². The van der Waals surface area contributed by atoms with E-state index in [2.05, 4.69) is 0 Å². The molecule has 0 saturated carbocycles. The number of aliphatic hydroxyl groups is 5. The van der Waals surface area contributed by atoms with Gasteiger partial charge in [0.2, 0.25) is 6.29 Å². The number of Topliss-reactive ketones (excluding diaryl/α,β-unsaturated/α-hetero) is 1. The number of ether oxygens (including phenoxy) is 3. The molecule has 2 aromatic carbocycles. The first-order chi connectivity index (χ1) is 16.6. The maximum absolute atomic E-state index is 12.2. The van der Waals surface area contributed by atoms with E-state index in [4.69, 9.17) is 19.9 Å². The number of hydrogen-bond acceptors (Lipinski definition) is 11. The topological polar surface area (TPSA) is 192 Å². The summed E-state index contributed by atoms with van der Waals surface area (Å²) in [6, 6.07) is 2.95. The lowest BCUT2D eigenvalue weighted by atomic mass is 9.93. The molecule has 11 heteroatoms. The minimum absolute atomic E-state index is 0.0482. The molecule has 0 aromatic heterocycles. The number of hydrogen-bond donors (Lipinski definition) is 7. The number of rotatable bonds is 9. The van der Waals surface area contributed by atoms with Gasteiger partial charge < -0.3 is 50.6 Å². The Morgan fingerprint density at radius 1 is 1.17 bits per heavy atom. The fourth-order valence-electron chi connectivity index (χ4n) is 4.49. The summed E-state index contributed by atoms with van der Waals surface area (Å²) in [6.07, 6.45) is -8.48. The third-order valence-electron chi connectivity index (χ3n) is 6.29. The van der Waals surface area contributed by atoms with E-state index in [0.29, 0.717) is 29.5 Å². The van der Waals surface area contributed by atoms with E-state index in [1.54, 1.807) is 13.0 Å². The molecule has 0 unspecified atom stereocenters. The number of carbonyl (C=O) groups excluding carboxylic acids is 1. The van der Waals surface area contributed by atoms with Gasteiger partial charge in [0.1, 0.15) is 41.7 Å². The largest absolute Gasteiger partial charge is 0.506 e. The molecule has 1 fully saturated rings. The Morgan fingerprint density at radius 3 is 2.43 bits per heavy atom. The van der Waals surface area contributed by atoms with Gasteiger partial charge in [0, 0.05) is 11.6 Å². The van der Waals surface area contributed by atoms with Gasteiger partial charge in [-0.25, -0.2) is 0 Å². The first-order valence-corrected chi connectivity index (χ1v) is 11.3. The lowest BCUT2D eigenvalue weighted by molar-refractivity contribution is -0.288. The minimum Gasteiger partial charge on any atom is -0.506 e. The van der Waals surface area contributed by atoms with Crippen LogP contribution < -0.4 is 15.2 Å². The number of methoxy groups -OCH3 is 1. The zero-order valence-corrected chi connectivity index (χ0v) is 19.8. The summed E-state index contributed by atoms with van der Waals surface area (Å²) in [5.74, 6) is -0.665. The molecule has 1 heterocycles. The van der Waals surface area contributed by atoms with Crippen molar-refractivity contribution in [1.29, 1.82) is 0 Å². The maximum atomic E-state index is 12.2. The Hall–Kier alpha value is -2.51. The summed E-state index contributed by atoms with van der Waals surface area (Å²) < 4.78 is 16.9. The van der Waals surface area contributed by atoms with Crippen molar-refractivity contribution in [2.24, 2.45) is 5.73 Å². The lowest BCUT2D eigenvalue weighted by Gasteiger charge is -2.42. The van der Waals surface area contributed by atoms with E-state index in [1.807, 2.05) is 0 Å². The van der Waals surface area contributed by atoms with Crippen molar-refractivity contribution in [1.82, 2.24) is 0 Å². The first-order valence-electron chi connectivity index (χ1n) is 11.3. The molecule has 6 atom stereocenters. The number of nitrogens with two attached hydrogens (primary N) is 1. The molecular weight excluding hydrogens is 462 g/mol. The third kappa shape index (κ3) is 5.07. The van der Waals surface area contributed by atoms with Gasteiger partial charge >= 0.3 is 0 Å². The number of phenolic OH excluding ortho intramolecular Hbond substituents is 1. The molecular formula is C24H33NO10.